The third kappa shape index (κ3) is 5.46. The molecule has 0 unspecified atom stereocenters. The number of carbonyl (C=O) groups excluding carboxylic acids is 1. The molecular weight excluding hydrogens is 383 g/mol. The number of hydrogen-bond acceptors (Lipinski definition) is 4. The van der Waals surface area contributed by atoms with E-state index < -0.39 is 0 Å². The molecule has 0 bridgehead atoms. The summed E-state index contributed by atoms with van der Waals surface area (Å²) in [6.07, 6.45) is 3.27. The number of nitrogens with two attached hydrogens (primary N) is 1. The van der Waals surface area contributed by atoms with Crippen molar-refractivity contribution >= 4 is 17.7 Å². The van der Waals surface area contributed by atoms with Crippen molar-refractivity contribution in [3.8, 4) is 0 Å². The van der Waals surface area contributed by atoms with Crippen LogP contribution in [0, 0.1) is 18.7 Å². The molecule has 4 N–H and O–H groups in total. The lowest BCUT2D eigenvalue weighted by atomic mass is 9.96. The Morgan fingerprint density at radius 3 is 2.67 bits per heavy atom. The number of nitrogens with zero attached hydrogens (tertiary/aromatic N) is 3. The lowest BCUT2D eigenvalue weighted by molar-refractivity contribution is -0.122. The summed E-state index contributed by atoms with van der Waals surface area (Å²) in [6, 6.07) is 9.13. The minimum Gasteiger partial charge on any atom is -0.369 e. The predicted molar refractivity (Wildman–Crippen MR) is 117 cm³/mol. The summed E-state index contributed by atoms with van der Waals surface area (Å²) in [5.74, 6) is 1.04. The van der Waals surface area contributed by atoms with E-state index in [4.69, 9.17) is 5.73 Å². The number of guanidine groups is 1. The van der Waals surface area contributed by atoms with Crippen LogP contribution in [0.1, 0.15) is 29.5 Å². The molecule has 30 heavy (non-hydrogen) atoms. The molecule has 1 aromatic carbocycles. The zero-order chi connectivity index (χ0) is 21.5. The van der Waals surface area contributed by atoms with Crippen molar-refractivity contribution in [1.82, 2.24) is 15.6 Å². The zero-order valence-electron chi connectivity index (χ0n) is 17.5. The van der Waals surface area contributed by atoms with Gasteiger partial charge in [0.1, 0.15) is 11.6 Å². The maximum atomic E-state index is 13.7. The minimum absolute atomic E-state index is 0.0545. The summed E-state index contributed by atoms with van der Waals surface area (Å²) in [6.45, 7) is 4.26. The largest absolute Gasteiger partial charge is 0.369 e. The van der Waals surface area contributed by atoms with Gasteiger partial charge < -0.3 is 21.3 Å². The first-order valence-electron chi connectivity index (χ1n) is 10.2. The topological polar surface area (TPSA) is 95.6 Å². The number of nitrogens with one attached hydrogen (secondary N) is 2. The Morgan fingerprint density at radius 2 is 2.00 bits per heavy atom. The first-order valence-corrected chi connectivity index (χ1v) is 10.2. The summed E-state index contributed by atoms with van der Waals surface area (Å²) in [5.41, 5.74) is 7.96. The van der Waals surface area contributed by atoms with Crippen LogP contribution >= 0.6 is 0 Å². The van der Waals surface area contributed by atoms with Gasteiger partial charge in [-0.1, -0.05) is 18.2 Å². The van der Waals surface area contributed by atoms with Crippen molar-refractivity contribution in [3.63, 3.8) is 0 Å². The predicted octanol–water partition coefficient (Wildman–Crippen LogP) is 2.10. The van der Waals surface area contributed by atoms with E-state index in [2.05, 4.69) is 25.5 Å². The van der Waals surface area contributed by atoms with Crippen LogP contribution in [0.15, 0.2) is 41.5 Å². The van der Waals surface area contributed by atoms with Crippen LogP contribution < -0.4 is 21.3 Å². The molecule has 1 aliphatic heterocycles. The summed E-state index contributed by atoms with van der Waals surface area (Å²) in [7, 11) is 1.70. The van der Waals surface area contributed by atoms with Gasteiger partial charge in [-0.2, -0.15) is 0 Å². The Bertz CT molecular complexity index is 908. The maximum Gasteiger partial charge on any atom is 0.220 e. The highest BCUT2D eigenvalue weighted by Crippen LogP contribution is 2.24. The first kappa shape index (κ1) is 21.5. The van der Waals surface area contributed by atoms with Crippen LogP contribution in [-0.2, 0) is 17.9 Å². The molecule has 1 aromatic heterocycles. The number of halogens is 1. The van der Waals surface area contributed by atoms with E-state index in [0.29, 0.717) is 24.6 Å². The number of hydrogen-bond donors (Lipinski definition) is 3. The molecule has 0 aliphatic carbocycles. The Kier molecular flexibility index (Phi) is 7.21. The molecule has 1 aliphatic rings. The van der Waals surface area contributed by atoms with E-state index in [0.717, 1.165) is 42.9 Å². The number of pyridine rings is 1. The lowest BCUT2D eigenvalue weighted by Gasteiger charge is -2.32. The van der Waals surface area contributed by atoms with Gasteiger partial charge in [0, 0.05) is 50.9 Å². The van der Waals surface area contributed by atoms with Crippen molar-refractivity contribution in [2.45, 2.75) is 32.9 Å². The van der Waals surface area contributed by atoms with Gasteiger partial charge in [-0.3, -0.25) is 9.79 Å². The molecule has 0 radical (unpaired) electrons. The molecule has 1 saturated heterocycles. The van der Waals surface area contributed by atoms with Crippen LogP contribution in [0.2, 0.25) is 0 Å². The van der Waals surface area contributed by atoms with Crippen LogP contribution in [0.5, 0.6) is 0 Å². The van der Waals surface area contributed by atoms with Crippen LogP contribution in [0.4, 0.5) is 10.2 Å². The lowest BCUT2D eigenvalue weighted by Crippen LogP contribution is -2.40. The maximum absolute atomic E-state index is 13.7. The Balaban J connectivity index is 1.58. The third-order valence-electron chi connectivity index (χ3n) is 5.43. The number of benzene rings is 1. The highest BCUT2D eigenvalue weighted by atomic mass is 19.1. The molecule has 160 valence electrons. The normalized spacial score (nSPS) is 15.2. The number of aryl methyl sites for hydroxylation is 1. The fourth-order valence-electron chi connectivity index (χ4n) is 3.56. The Morgan fingerprint density at radius 1 is 1.27 bits per heavy atom. The van der Waals surface area contributed by atoms with Gasteiger partial charge in [-0.25, -0.2) is 9.37 Å². The van der Waals surface area contributed by atoms with E-state index in [1.54, 1.807) is 26.2 Å². The average Bonchev–Trinajstić information content (AvgIpc) is 2.76. The number of amides is 1. The highest BCUT2D eigenvalue weighted by Gasteiger charge is 2.24. The molecule has 1 fully saturated rings. The van der Waals surface area contributed by atoms with Gasteiger partial charge in [-0.15, -0.1) is 0 Å². The molecule has 0 atom stereocenters. The van der Waals surface area contributed by atoms with E-state index in [1.807, 2.05) is 18.2 Å². The quantitative estimate of drug-likeness (QED) is 0.499. The van der Waals surface area contributed by atoms with E-state index in [9.17, 15) is 9.18 Å². The van der Waals surface area contributed by atoms with E-state index >= 15 is 0 Å². The molecular formula is C22H29FN6O. The van der Waals surface area contributed by atoms with Gasteiger partial charge >= 0.3 is 0 Å². The Hall–Kier alpha value is -3.16. The molecule has 0 spiro atoms. The standard InChI is InChI=1S/C22H29FN6O/c1-15-5-6-16(12-19(15)23)13-27-22(25-2)28-14-18-4-3-9-26-21(18)29-10-7-17(8-11-29)20(24)30/h3-6,9,12,17H,7-8,10-11,13-14H2,1-2H3,(H2,24,30)(H2,25,27,28). The highest BCUT2D eigenvalue weighted by molar-refractivity contribution is 5.79. The second-order valence-corrected chi connectivity index (χ2v) is 7.51. The van der Waals surface area contributed by atoms with Gasteiger partial charge in [0.2, 0.25) is 5.91 Å². The number of piperidine rings is 1. The molecule has 3 rings (SSSR count). The van der Waals surface area contributed by atoms with Gasteiger partial charge in [0.25, 0.3) is 0 Å². The summed E-state index contributed by atoms with van der Waals surface area (Å²) in [4.78, 5) is 22.4. The van der Waals surface area contributed by atoms with Crippen LogP contribution in [-0.4, -0.2) is 37.0 Å². The number of aromatic nitrogens is 1. The van der Waals surface area contributed by atoms with Gasteiger partial charge in [0.05, 0.1) is 0 Å². The monoisotopic (exact) mass is 412 g/mol. The second-order valence-electron chi connectivity index (χ2n) is 7.51. The van der Waals surface area contributed by atoms with Crippen molar-refractivity contribution in [2.75, 3.05) is 25.0 Å². The van der Waals surface area contributed by atoms with Crippen LogP contribution in [0.25, 0.3) is 0 Å². The fraction of sp³-hybridized carbons (Fsp3) is 0.409. The number of carbonyl (C=O) groups is 1. The Labute approximate surface area is 176 Å². The molecule has 7 nitrogen and oxygen atoms in total. The molecule has 2 aromatic rings. The smallest absolute Gasteiger partial charge is 0.220 e. The number of aliphatic imine (C=N–C) groups is 1. The fourth-order valence-corrected chi connectivity index (χ4v) is 3.56. The summed E-state index contributed by atoms with van der Waals surface area (Å²) < 4.78 is 13.7. The molecule has 1 amide bonds. The van der Waals surface area contributed by atoms with Crippen molar-refractivity contribution in [2.24, 2.45) is 16.6 Å². The molecule has 2 heterocycles. The molecule has 8 heteroatoms. The zero-order valence-corrected chi connectivity index (χ0v) is 17.5. The summed E-state index contributed by atoms with van der Waals surface area (Å²) in [5, 5.41) is 6.50. The van der Waals surface area contributed by atoms with Crippen molar-refractivity contribution < 1.29 is 9.18 Å². The first-order chi connectivity index (χ1) is 14.5. The number of primary amides is 1. The SMILES string of the molecule is CN=C(NCc1ccc(C)c(F)c1)NCc1cccnc1N1CCC(C(N)=O)CC1. The molecule has 0 saturated carbocycles. The number of anilines is 1. The van der Waals surface area contributed by atoms with Gasteiger partial charge in [-0.05, 0) is 43.0 Å². The van der Waals surface area contributed by atoms with Crippen LogP contribution in [0.3, 0.4) is 0 Å². The minimum atomic E-state index is -0.221. The average molecular weight is 413 g/mol. The van der Waals surface area contributed by atoms with E-state index in [1.165, 1.54) is 6.07 Å². The van der Waals surface area contributed by atoms with Gasteiger partial charge in [0.15, 0.2) is 5.96 Å². The second kappa shape index (κ2) is 10.0. The summed E-state index contributed by atoms with van der Waals surface area (Å²) >= 11 is 0. The van der Waals surface area contributed by atoms with Crippen molar-refractivity contribution in [1.29, 1.82) is 0 Å². The third-order valence-corrected chi connectivity index (χ3v) is 5.43. The van der Waals surface area contributed by atoms with E-state index in [-0.39, 0.29) is 17.6 Å². The number of rotatable bonds is 6. The van der Waals surface area contributed by atoms with Crippen molar-refractivity contribution in [3.05, 3.63) is 59.0 Å².